The van der Waals surface area contributed by atoms with Crippen molar-refractivity contribution >= 4 is 23.8 Å². The minimum absolute atomic E-state index is 0.191. The molecule has 2 rings (SSSR count). The highest BCUT2D eigenvalue weighted by atomic mass is 16.6. The van der Waals surface area contributed by atoms with E-state index >= 15 is 0 Å². The Morgan fingerprint density at radius 1 is 1.43 bits per heavy atom. The highest BCUT2D eigenvalue weighted by Gasteiger charge is 2.39. The average molecular weight is 321 g/mol. The lowest BCUT2D eigenvalue weighted by Gasteiger charge is -2.23. The molecule has 2 amide bonds. The van der Waals surface area contributed by atoms with Gasteiger partial charge in [0.1, 0.15) is 24.0 Å². The number of nitrogens with one attached hydrogen (secondary N) is 1. The van der Waals surface area contributed by atoms with E-state index in [1.54, 1.807) is 32.9 Å². The molecule has 124 valence electrons. The van der Waals surface area contributed by atoms with Gasteiger partial charge in [-0.05, 0) is 32.4 Å². The first-order chi connectivity index (χ1) is 10.7. The number of rotatable bonds is 3. The number of carbonyl (C=O) groups is 3. The maximum absolute atomic E-state index is 12.3. The molecule has 1 unspecified atom stereocenters. The van der Waals surface area contributed by atoms with Gasteiger partial charge in [0.2, 0.25) is 5.91 Å². The predicted octanol–water partition coefficient (Wildman–Crippen LogP) is 0.949. The van der Waals surface area contributed by atoms with Crippen LogP contribution in [0.1, 0.15) is 26.3 Å². The molecule has 0 fully saturated rings. The van der Waals surface area contributed by atoms with Gasteiger partial charge in [0.05, 0.1) is 0 Å². The van der Waals surface area contributed by atoms with Gasteiger partial charge in [0.25, 0.3) is 0 Å². The lowest BCUT2D eigenvalue weighted by Crippen LogP contribution is -2.48. The number of hydrogen-bond donors (Lipinski definition) is 2. The first kappa shape index (κ1) is 16.7. The Balaban J connectivity index is 2.08. The monoisotopic (exact) mass is 321 g/mol. The van der Waals surface area contributed by atoms with Crippen LogP contribution < -0.4 is 10.2 Å². The molecule has 1 aliphatic heterocycles. The number of fused-ring (bicyclic) bond motifs is 1. The number of nitrogens with zero attached hydrogens (tertiary/aromatic N) is 2. The number of aromatic nitrogens is 1. The summed E-state index contributed by atoms with van der Waals surface area (Å²) >= 11 is 0. The number of pyridine rings is 1. The smallest absolute Gasteiger partial charge is 0.408 e. The van der Waals surface area contributed by atoms with Crippen LogP contribution in [0.25, 0.3) is 0 Å². The lowest BCUT2D eigenvalue weighted by molar-refractivity contribution is -0.139. The Bertz CT molecular complexity index is 638. The van der Waals surface area contributed by atoms with E-state index < -0.39 is 29.6 Å². The van der Waals surface area contributed by atoms with Crippen molar-refractivity contribution in [3.8, 4) is 0 Å². The molecule has 1 aliphatic rings. The fraction of sp³-hybridized carbons (Fsp3) is 0.467. The molecular formula is C15H19N3O5. The number of anilines is 1. The van der Waals surface area contributed by atoms with Crippen molar-refractivity contribution in [2.45, 2.75) is 38.8 Å². The van der Waals surface area contributed by atoms with E-state index in [0.717, 1.165) is 4.90 Å². The number of ether oxygens (including phenoxy) is 1. The van der Waals surface area contributed by atoms with Crippen molar-refractivity contribution in [1.82, 2.24) is 10.3 Å². The van der Waals surface area contributed by atoms with Gasteiger partial charge in [0, 0.05) is 12.6 Å². The minimum atomic E-state index is -1.12. The summed E-state index contributed by atoms with van der Waals surface area (Å²) in [6.07, 6.45) is 0.944. The first-order valence-electron chi connectivity index (χ1n) is 7.14. The van der Waals surface area contributed by atoms with E-state index in [2.05, 4.69) is 10.3 Å². The second kappa shape index (κ2) is 6.23. The SMILES string of the molecule is CC(C)(C)OC(=O)NCC(=O)N1c2ncccc2CC1C(=O)O. The number of amides is 2. The van der Waals surface area contributed by atoms with Gasteiger partial charge < -0.3 is 15.2 Å². The summed E-state index contributed by atoms with van der Waals surface area (Å²) in [6, 6.07) is 2.39. The molecule has 0 aliphatic carbocycles. The zero-order chi connectivity index (χ0) is 17.2. The van der Waals surface area contributed by atoms with Crippen LogP contribution in [-0.4, -0.2) is 46.2 Å². The maximum Gasteiger partial charge on any atom is 0.408 e. The Morgan fingerprint density at radius 2 is 2.13 bits per heavy atom. The van der Waals surface area contributed by atoms with Gasteiger partial charge >= 0.3 is 12.1 Å². The van der Waals surface area contributed by atoms with Crippen molar-refractivity contribution in [1.29, 1.82) is 0 Å². The second-order valence-corrected chi connectivity index (χ2v) is 6.16. The van der Waals surface area contributed by atoms with Crippen molar-refractivity contribution in [2.75, 3.05) is 11.4 Å². The Kier molecular flexibility index (Phi) is 4.53. The molecule has 8 nitrogen and oxygen atoms in total. The van der Waals surface area contributed by atoms with Gasteiger partial charge in [-0.25, -0.2) is 14.6 Å². The highest BCUT2D eigenvalue weighted by molar-refractivity contribution is 6.02. The van der Waals surface area contributed by atoms with Crippen LogP contribution in [0.15, 0.2) is 18.3 Å². The molecule has 1 aromatic rings. The fourth-order valence-electron chi connectivity index (χ4n) is 2.29. The summed E-state index contributed by atoms with van der Waals surface area (Å²) in [6.45, 7) is 4.75. The molecule has 8 heteroatoms. The molecule has 0 spiro atoms. The molecule has 23 heavy (non-hydrogen) atoms. The van der Waals surface area contributed by atoms with Gasteiger partial charge in [-0.1, -0.05) is 6.07 Å². The molecular weight excluding hydrogens is 302 g/mol. The summed E-state index contributed by atoms with van der Waals surface area (Å²) in [4.78, 5) is 40.5. The Morgan fingerprint density at radius 3 is 2.74 bits per heavy atom. The standard InChI is InChI=1S/C15H19N3O5/c1-15(2,3)23-14(22)17-8-11(19)18-10(13(20)21)7-9-5-4-6-16-12(9)18/h4-6,10H,7-8H2,1-3H3,(H,17,22)(H,20,21). The number of alkyl carbamates (subject to hydrolysis) is 1. The number of carboxylic acids is 1. The molecule has 0 saturated heterocycles. The van der Waals surface area contributed by atoms with Crippen molar-refractivity contribution in [3.63, 3.8) is 0 Å². The third-order valence-corrected chi connectivity index (χ3v) is 3.16. The maximum atomic E-state index is 12.3. The largest absolute Gasteiger partial charge is 0.480 e. The lowest BCUT2D eigenvalue weighted by atomic mass is 10.1. The predicted molar refractivity (Wildman–Crippen MR) is 81.1 cm³/mol. The first-order valence-corrected chi connectivity index (χ1v) is 7.14. The molecule has 0 saturated carbocycles. The summed E-state index contributed by atoms with van der Waals surface area (Å²) < 4.78 is 5.04. The Hall–Kier alpha value is -2.64. The normalized spacial score (nSPS) is 16.7. The quantitative estimate of drug-likeness (QED) is 0.858. The molecule has 2 heterocycles. The van der Waals surface area contributed by atoms with Crippen molar-refractivity contribution in [3.05, 3.63) is 23.9 Å². The second-order valence-electron chi connectivity index (χ2n) is 6.16. The zero-order valence-electron chi connectivity index (χ0n) is 13.2. The van der Waals surface area contributed by atoms with Crippen LogP contribution in [0.5, 0.6) is 0 Å². The Labute approximate surface area is 133 Å². The average Bonchev–Trinajstić information content (AvgIpc) is 2.82. The van der Waals surface area contributed by atoms with Gasteiger partial charge in [-0.15, -0.1) is 0 Å². The van der Waals surface area contributed by atoms with E-state index in [-0.39, 0.29) is 13.0 Å². The number of carbonyl (C=O) groups excluding carboxylic acids is 2. The highest BCUT2D eigenvalue weighted by Crippen LogP contribution is 2.29. The van der Waals surface area contributed by atoms with Crippen molar-refractivity contribution < 1.29 is 24.2 Å². The number of aliphatic carboxylic acids is 1. The minimum Gasteiger partial charge on any atom is -0.480 e. The topological polar surface area (TPSA) is 109 Å². The van der Waals surface area contributed by atoms with Crippen LogP contribution in [0, 0.1) is 0 Å². The van der Waals surface area contributed by atoms with Gasteiger partial charge in [-0.2, -0.15) is 0 Å². The van der Waals surface area contributed by atoms with Gasteiger partial charge in [0.15, 0.2) is 0 Å². The van der Waals surface area contributed by atoms with E-state index in [4.69, 9.17) is 4.74 Å². The van der Waals surface area contributed by atoms with E-state index in [1.807, 2.05) is 0 Å². The summed E-state index contributed by atoms with van der Waals surface area (Å²) in [5.74, 6) is -1.36. The molecule has 0 aromatic carbocycles. The van der Waals surface area contributed by atoms with Crippen molar-refractivity contribution in [2.24, 2.45) is 0 Å². The third kappa shape index (κ3) is 3.97. The van der Waals surface area contributed by atoms with E-state index in [9.17, 15) is 19.5 Å². The van der Waals surface area contributed by atoms with Crippen LogP contribution in [-0.2, 0) is 20.7 Å². The summed E-state index contributed by atoms with van der Waals surface area (Å²) in [7, 11) is 0. The third-order valence-electron chi connectivity index (χ3n) is 3.16. The fourth-order valence-corrected chi connectivity index (χ4v) is 2.29. The van der Waals surface area contributed by atoms with Crippen LogP contribution in [0.2, 0.25) is 0 Å². The van der Waals surface area contributed by atoms with Crippen LogP contribution in [0.4, 0.5) is 10.6 Å². The van der Waals surface area contributed by atoms with Crippen LogP contribution >= 0.6 is 0 Å². The molecule has 0 radical (unpaired) electrons. The van der Waals surface area contributed by atoms with Crippen LogP contribution in [0.3, 0.4) is 0 Å². The summed E-state index contributed by atoms with van der Waals surface area (Å²) in [5, 5.41) is 11.6. The number of hydrogen-bond acceptors (Lipinski definition) is 5. The van der Waals surface area contributed by atoms with E-state index in [1.165, 1.54) is 6.20 Å². The molecule has 1 atom stereocenters. The molecule has 2 N–H and O–H groups in total. The molecule has 1 aromatic heterocycles. The van der Waals surface area contributed by atoms with Gasteiger partial charge in [-0.3, -0.25) is 9.69 Å². The van der Waals surface area contributed by atoms with E-state index in [0.29, 0.717) is 11.4 Å². The number of carboxylic acid groups (broad SMARTS) is 1. The molecule has 0 bridgehead atoms. The summed E-state index contributed by atoms with van der Waals surface area (Å²) in [5.41, 5.74) is 0.00365. The zero-order valence-corrected chi connectivity index (χ0v) is 13.2.